The van der Waals surface area contributed by atoms with Gasteiger partial charge >= 0.3 is 12.3 Å². The lowest BCUT2D eigenvalue weighted by molar-refractivity contribution is -0.138. The Morgan fingerprint density at radius 1 is 1.14 bits per heavy atom. The van der Waals surface area contributed by atoms with E-state index in [4.69, 9.17) is 16.3 Å². The van der Waals surface area contributed by atoms with E-state index in [1.54, 1.807) is 12.1 Å². The Morgan fingerprint density at radius 3 is 2.56 bits per heavy atom. The Balaban J connectivity index is 1.95. The first-order chi connectivity index (χ1) is 17.3. The molecule has 2 aromatic heterocycles. The molecule has 0 saturated carbocycles. The Labute approximate surface area is 216 Å². The molecule has 11 heteroatoms. The van der Waals surface area contributed by atoms with Crippen LogP contribution >= 0.6 is 22.9 Å². The lowest BCUT2D eigenvalue weighted by atomic mass is 9.99. The van der Waals surface area contributed by atoms with Gasteiger partial charge in [-0.2, -0.15) is 17.6 Å². The van der Waals surface area contributed by atoms with Crippen molar-refractivity contribution in [2.45, 2.75) is 58.0 Å². The minimum absolute atomic E-state index is 0.0810. The number of thiazole rings is 1. The van der Waals surface area contributed by atoms with Crippen LogP contribution in [0.1, 0.15) is 56.6 Å². The number of aryl methyl sites for hydroxylation is 1. The van der Waals surface area contributed by atoms with Crippen LogP contribution in [0.15, 0.2) is 42.7 Å². The molecule has 0 N–H and O–H groups in total. The van der Waals surface area contributed by atoms with Gasteiger partial charge in [0.15, 0.2) is 6.07 Å². The summed E-state index contributed by atoms with van der Waals surface area (Å²) in [6.07, 6.45) is 3.12. The van der Waals surface area contributed by atoms with Crippen LogP contribution in [0.25, 0.3) is 11.3 Å². The maximum Gasteiger partial charge on any atom is 0.422 e. The third-order valence-electron chi connectivity index (χ3n) is 5.52. The molecular weight excluding hydrogens is 518 g/mol. The van der Waals surface area contributed by atoms with Gasteiger partial charge in [-0.25, -0.2) is 14.7 Å². The highest BCUT2D eigenvalue weighted by molar-refractivity contribution is 7.14. The highest BCUT2D eigenvalue weighted by Crippen LogP contribution is 2.39. The zero-order chi connectivity index (χ0) is 26.1. The van der Waals surface area contributed by atoms with Gasteiger partial charge in [-0.1, -0.05) is 68.0 Å². The summed E-state index contributed by atoms with van der Waals surface area (Å²) < 4.78 is 61.5. The van der Waals surface area contributed by atoms with Crippen LogP contribution in [0.3, 0.4) is 0 Å². The van der Waals surface area contributed by atoms with Crippen molar-refractivity contribution >= 4 is 39.8 Å². The first kappa shape index (κ1) is 27.9. The molecule has 0 aliphatic rings. The summed E-state index contributed by atoms with van der Waals surface area (Å²) in [6, 6.07) is 6.21. The fourth-order valence-electron chi connectivity index (χ4n) is 3.75. The van der Waals surface area contributed by atoms with E-state index in [1.807, 2.05) is 0 Å². The van der Waals surface area contributed by atoms with Crippen molar-refractivity contribution in [1.29, 1.82) is 0 Å². The van der Waals surface area contributed by atoms with Crippen molar-refractivity contribution in [1.82, 2.24) is 9.97 Å². The van der Waals surface area contributed by atoms with E-state index in [1.165, 1.54) is 24.5 Å². The van der Waals surface area contributed by atoms with Crippen LogP contribution in [0.5, 0.6) is 0 Å². The SMILES string of the molecule is CCCCCCCCc1ccc(N(C(=O)OCCl)c2nc(-c3cccnc3)c(F)s2)cc1C(F)(F)F. The third kappa shape index (κ3) is 7.16. The van der Waals surface area contributed by atoms with Gasteiger partial charge in [-0.05, 0) is 42.7 Å². The van der Waals surface area contributed by atoms with Crippen LogP contribution < -0.4 is 4.90 Å². The van der Waals surface area contributed by atoms with E-state index < -0.39 is 29.0 Å². The number of unbranched alkanes of at least 4 members (excludes halogenated alkanes) is 5. The monoisotopic (exact) mass is 543 g/mol. The number of pyridine rings is 1. The lowest BCUT2D eigenvalue weighted by Gasteiger charge is -2.21. The van der Waals surface area contributed by atoms with Crippen LogP contribution in [-0.2, 0) is 17.3 Å². The summed E-state index contributed by atoms with van der Waals surface area (Å²) in [5, 5.41) is -0.921. The molecule has 194 valence electrons. The number of carbonyl (C=O) groups is 1. The number of nitrogens with zero attached hydrogens (tertiary/aromatic N) is 3. The second-order valence-electron chi connectivity index (χ2n) is 8.07. The Hall–Kier alpha value is -2.72. The van der Waals surface area contributed by atoms with Crippen LogP contribution in [-0.4, -0.2) is 22.1 Å². The fourth-order valence-corrected chi connectivity index (χ4v) is 4.68. The highest BCUT2D eigenvalue weighted by Gasteiger charge is 2.35. The molecule has 0 aliphatic heterocycles. The maximum atomic E-state index is 14.7. The first-order valence-electron chi connectivity index (χ1n) is 11.6. The normalized spacial score (nSPS) is 11.5. The van der Waals surface area contributed by atoms with E-state index in [0.29, 0.717) is 23.3 Å². The van der Waals surface area contributed by atoms with Crippen LogP contribution in [0, 0.1) is 5.13 Å². The number of amides is 1. The predicted octanol–water partition coefficient (Wildman–Crippen LogP) is 8.74. The molecule has 0 saturated heterocycles. The first-order valence-corrected chi connectivity index (χ1v) is 12.9. The molecule has 0 atom stereocenters. The zero-order valence-corrected chi connectivity index (χ0v) is 21.2. The number of aromatic nitrogens is 2. The molecule has 36 heavy (non-hydrogen) atoms. The second-order valence-corrected chi connectivity index (χ2v) is 9.22. The summed E-state index contributed by atoms with van der Waals surface area (Å²) in [7, 11) is 0. The van der Waals surface area contributed by atoms with Gasteiger partial charge < -0.3 is 4.74 Å². The molecule has 3 aromatic rings. The van der Waals surface area contributed by atoms with E-state index in [-0.39, 0.29) is 28.5 Å². The molecule has 0 unspecified atom stereocenters. The summed E-state index contributed by atoms with van der Waals surface area (Å²) in [6.45, 7) is 2.10. The van der Waals surface area contributed by atoms with Gasteiger partial charge in [-0.3, -0.25) is 4.98 Å². The quantitative estimate of drug-likeness (QED) is 0.138. The van der Waals surface area contributed by atoms with E-state index >= 15 is 0 Å². The number of hydrogen-bond donors (Lipinski definition) is 0. The molecule has 1 amide bonds. The van der Waals surface area contributed by atoms with Gasteiger partial charge in [0, 0.05) is 18.0 Å². The van der Waals surface area contributed by atoms with Crippen molar-refractivity contribution in [3.63, 3.8) is 0 Å². The zero-order valence-electron chi connectivity index (χ0n) is 19.7. The molecule has 0 bridgehead atoms. The van der Waals surface area contributed by atoms with Crippen molar-refractivity contribution < 1.29 is 27.1 Å². The molecule has 5 nitrogen and oxygen atoms in total. The standard InChI is InChI=1S/C25H26ClF4N3O2S/c1-2-3-4-5-6-7-9-17-11-12-19(14-20(17)25(28,29)30)33(24(34)35-16-26)23-32-21(22(27)36-23)18-10-8-13-31-15-18/h8,10-15H,2-7,9,16H2,1H3. The molecule has 0 aliphatic carbocycles. The van der Waals surface area contributed by atoms with Gasteiger partial charge in [0.25, 0.3) is 0 Å². The lowest BCUT2D eigenvalue weighted by Crippen LogP contribution is -2.27. The Kier molecular flexibility index (Phi) is 10.1. The Bertz CT molecular complexity index is 1140. The molecule has 1 aromatic carbocycles. The molecule has 2 heterocycles. The summed E-state index contributed by atoms with van der Waals surface area (Å²) in [5.74, 6) is 0. The number of benzene rings is 1. The average Bonchev–Trinajstić information content (AvgIpc) is 3.23. The number of halogens is 5. The second kappa shape index (κ2) is 13.0. The minimum Gasteiger partial charge on any atom is -0.433 e. The molecule has 0 radical (unpaired) electrons. The number of carbonyl (C=O) groups excluding carboxylic acids is 1. The van der Waals surface area contributed by atoms with Crippen LogP contribution in [0.4, 0.5) is 33.2 Å². The largest absolute Gasteiger partial charge is 0.433 e. The van der Waals surface area contributed by atoms with Crippen molar-refractivity contribution in [2.75, 3.05) is 11.0 Å². The summed E-state index contributed by atoms with van der Waals surface area (Å²) in [4.78, 5) is 21.6. The maximum absolute atomic E-state index is 14.7. The van der Waals surface area contributed by atoms with Gasteiger partial charge in [0.05, 0.1) is 11.3 Å². The molecule has 0 fully saturated rings. The topological polar surface area (TPSA) is 55.3 Å². The van der Waals surface area contributed by atoms with Crippen LogP contribution in [0.2, 0.25) is 0 Å². The van der Waals surface area contributed by atoms with Gasteiger partial charge in [-0.15, -0.1) is 0 Å². The number of hydrogen-bond acceptors (Lipinski definition) is 5. The predicted molar refractivity (Wildman–Crippen MR) is 133 cm³/mol. The number of alkyl halides is 4. The number of anilines is 2. The van der Waals surface area contributed by atoms with Gasteiger partial charge in [0.1, 0.15) is 5.69 Å². The summed E-state index contributed by atoms with van der Waals surface area (Å²) >= 11 is 6.03. The minimum atomic E-state index is -4.65. The van der Waals surface area contributed by atoms with E-state index in [2.05, 4.69) is 16.9 Å². The van der Waals surface area contributed by atoms with E-state index in [9.17, 15) is 22.4 Å². The van der Waals surface area contributed by atoms with E-state index in [0.717, 1.165) is 43.1 Å². The average molecular weight is 544 g/mol. The fraction of sp³-hybridized carbons (Fsp3) is 0.400. The highest BCUT2D eigenvalue weighted by atomic mass is 35.5. The Morgan fingerprint density at radius 2 is 1.89 bits per heavy atom. The van der Waals surface area contributed by atoms with Crippen molar-refractivity contribution in [3.8, 4) is 11.3 Å². The third-order valence-corrected chi connectivity index (χ3v) is 6.46. The summed E-state index contributed by atoms with van der Waals surface area (Å²) in [5.41, 5.74) is -0.609. The van der Waals surface area contributed by atoms with Gasteiger partial charge in [0.2, 0.25) is 10.3 Å². The van der Waals surface area contributed by atoms with Crippen molar-refractivity contribution in [3.05, 3.63) is 59.0 Å². The smallest absolute Gasteiger partial charge is 0.422 e. The molecule has 0 spiro atoms. The van der Waals surface area contributed by atoms with Crippen molar-refractivity contribution in [2.24, 2.45) is 0 Å². The number of rotatable bonds is 11. The molecule has 3 rings (SSSR count). The number of ether oxygens (including phenoxy) is 1. The molecular formula is C25H26ClF4N3O2S.